The molecule has 0 saturated carbocycles. The summed E-state index contributed by atoms with van der Waals surface area (Å²) in [5.41, 5.74) is 0. The van der Waals surface area contributed by atoms with Crippen LogP contribution in [0.4, 0.5) is 0 Å². The van der Waals surface area contributed by atoms with Crippen molar-refractivity contribution in [1.82, 2.24) is 0 Å². The molecule has 0 amide bonds. The second-order valence-corrected chi connectivity index (χ2v) is 7.51. The van der Waals surface area contributed by atoms with E-state index in [-0.39, 0.29) is 12.4 Å². The second kappa shape index (κ2) is 13.5. The van der Waals surface area contributed by atoms with Gasteiger partial charge in [0.2, 0.25) is 0 Å². The molecule has 0 unspecified atom stereocenters. The van der Waals surface area contributed by atoms with Crippen LogP contribution < -0.4 is 0 Å². The third-order valence-corrected chi connectivity index (χ3v) is 3.62. The lowest BCUT2D eigenvalue weighted by Crippen LogP contribution is -2.23. The molecule has 0 aliphatic rings. The van der Waals surface area contributed by atoms with Gasteiger partial charge in [-0.1, -0.05) is 31.1 Å². The number of ether oxygens (including phenoxy) is 1. The Labute approximate surface area is 143 Å². The van der Waals surface area contributed by atoms with Crippen LogP contribution in [0, 0.1) is 0 Å². The van der Waals surface area contributed by atoms with Gasteiger partial charge < -0.3 is 14.9 Å². The first-order chi connectivity index (χ1) is 9.97. The Kier molecular flexibility index (Phi) is 13.4. The molecule has 2 N–H and O–H groups in total. The first-order valence-electron chi connectivity index (χ1n) is 7.08. The molecule has 2 atom stereocenters. The molecule has 0 spiro atoms. The molecule has 122 valence electrons. The topological polar surface area (TPSA) is 66.8 Å². The molecule has 4 nitrogen and oxygen atoms in total. The molecule has 0 heterocycles. The van der Waals surface area contributed by atoms with Gasteiger partial charge in [0.05, 0.1) is 22.7 Å². The molecule has 0 aliphatic heterocycles. The van der Waals surface area contributed by atoms with E-state index < -0.39 is 12.2 Å². The third-order valence-electron chi connectivity index (χ3n) is 2.97. The Hall–Kier alpha value is -0.170. The lowest BCUT2D eigenvalue weighted by atomic mass is 10.0. The Bertz CT molecular complexity index is 339. The standard InChI is InChI=1S/C15H24Br2O4/c1-21-15(20)11-7-6-9-13(19)12(18)8-4-2-3-5-10-14(16)17/h6,9-10,12-13,18-19H,2-5,7-8,11H2,1H3/b9-6-/t12-,13+/m1/s1. The first kappa shape index (κ1) is 20.8. The number of hydrogen-bond acceptors (Lipinski definition) is 4. The van der Waals surface area contributed by atoms with Crippen LogP contribution in [0.1, 0.15) is 44.9 Å². The fourth-order valence-corrected chi connectivity index (χ4v) is 2.18. The van der Waals surface area contributed by atoms with Gasteiger partial charge in [0.1, 0.15) is 0 Å². The van der Waals surface area contributed by atoms with Gasteiger partial charge in [-0.05, 0) is 57.5 Å². The molecule has 0 rings (SSSR count). The summed E-state index contributed by atoms with van der Waals surface area (Å²) < 4.78 is 5.47. The molecule has 0 radical (unpaired) electrons. The number of hydrogen-bond donors (Lipinski definition) is 2. The highest BCUT2D eigenvalue weighted by Crippen LogP contribution is 2.16. The molecular formula is C15H24Br2O4. The number of unbranched alkanes of at least 4 members (excludes halogenated alkanes) is 3. The largest absolute Gasteiger partial charge is 0.469 e. The monoisotopic (exact) mass is 426 g/mol. The second-order valence-electron chi connectivity index (χ2n) is 4.73. The van der Waals surface area contributed by atoms with E-state index in [1.165, 1.54) is 13.2 Å². The van der Waals surface area contributed by atoms with Gasteiger partial charge in [-0.25, -0.2) is 0 Å². The molecule has 0 saturated heterocycles. The van der Waals surface area contributed by atoms with Crippen molar-refractivity contribution < 1.29 is 19.7 Å². The van der Waals surface area contributed by atoms with Crippen molar-refractivity contribution in [1.29, 1.82) is 0 Å². The van der Waals surface area contributed by atoms with Crippen molar-refractivity contribution in [2.45, 2.75) is 57.2 Å². The molecule has 0 aliphatic carbocycles. The number of allylic oxidation sites excluding steroid dienone is 2. The number of aliphatic hydroxyl groups is 2. The van der Waals surface area contributed by atoms with Gasteiger partial charge in [-0.15, -0.1) is 0 Å². The van der Waals surface area contributed by atoms with Gasteiger partial charge in [0.25, 0.3) is 0 Å². The van der Waals surface area contributed by atoms with Crippen LogP contribution in [-0.2, 0) is 9.53 Å². The van der Waals surface area contributed by atoms with Crippen molar-refractivity contribution in [2.75, 3.05) is 7.11 Å². The molecule has 0 bridgehead atoms. The Morgan fingerprint density at radius 3 is 2.52 bits per heavy atom. The van der Waals surface area contributed by atoms with Gasteiger partial charge in [0.15, 0.2) is 0 Å². The van der Waals surface area contributed by atoms with Crippen molar-refractivity contribution >= 4 is 37.8 Å². The average molecular weight is 428 g/mol. The number of aliphatic hydroxyl groups excluding tert-OH is 2. The number of carbonyl (C=O) groups excluding carboxylic acids is 1. The number of halogens is 2. The Balaban J connectivity index is 3.69. The first-order valence-corrected chi connectivity index (χ1v) is 8.66. The molecule has 0 aromatic rings. The maximum absolute atomic E-state index is 10.9. The van der Waals surface area contributed by atoms with Crippen molar-refractivity contribution in [3.8, 4) is 0 Å². The molecule has 0 fully saturated rings. The van der Waals surface area contributed by atoms with Crippen LogP contribution in [0.15, 0.2) is 21.6 Å². The van der Waals surface area contributed by atoms with Crippen LogP contribution >= 0.6 is 31.9 Å². The van der Waals surface area contributed by atoms with Crippen molar-refractivity contribution in [2.24, 2.45) is 0 Å². The lowest BCUT2D eigenvalue weighted by molar-refractivity contribution is -0.140. The predicted octanol–water partition coefficient (Wildman–Crippen LogP) is 3.80. The van der Waals surface area contributed by atoms with Gasteiger partial charge in [-0.3, -0.25) is 4.79 Å². The van der Waals surface area contributed by atoms with Gasteiger partial charge in [0, 0.05) is 6.42 Å². The minimum atomic E-state index is -0.876. The third kappa shape index (κ3) is 13.2. The summed E-state index contributed by atoms with van der Waals surface area (Å²) in [5.74, 6) is -0.279. The molecular weight excluding hydrogens is 404 g/mol. The number of esters is 1. The lowest BCUT2D eigenvalue weighted by Gasteiger charge is -2.14. The zero-order valence-electron chi connectivity index (χ0n) is 12.3. The number of methoxy groups -OCH3 is 1. The minimum absolute atomic E-state index is 0.279. The quantitative estimate of drug-likeness (QED) is 0.299. The number of rotatable bonds is 11. The van der Waals surface area contributed by atoms with Crippen LogP contribution in [0.5, 0.6) is 0 Å². The maximum Gasteiger partial charge on any atom is 0.305 e. The van der Waals surface area contributed by atoms with E-state index in [1.807, 2.05) is 0 Å². The van der Waals surface area contributed by atoms with Gasteiger partial charge in [-0.2, -0.15) is 0 Å². The Morgan fingerprint density at radius 2 is 1.90 bits per heavy atom. The molecule has 6 heteroatoms. The van der Waals surface area contributed by atoms with E-state index in [4.69, 9.17) is 0 Å². The highest BCUT2D eigenvalue weighted by molar-refractivity contribution is 9.28. The summed E-state index contributed by atoms with van der Waals surface area (Å²) in [4.78, 5) is 10.9. The molecule has 21 heavy (non-hydrogen) atoms. The maximum atomic E-state index is 10.9. The summed E-state index contributed by atoms with van der Waals surface area (Å²) in [7, 11) is 1.34. The smallest absolute Gasteiger partial charge is 0.305 e. The SMILES string of the molecule is COC(=O)CC/C=C\[C@H](O)[C@H](O)CCCCCC=C(Br)Br. The number of carbonyl (C=O) groups is 1. The highest BCUT2D eigenvalue weighted by Gasteiger charge is 2.12. The average Bonchev–Trinajstić information content (AvgIpc) is 2.45. The summed E-state index contributed by atoms with van der Waals surface area (Å²) in [5, 5.41) is 19.5. The van der Waals surface area contributed by atoms with E-state index in [9.17, 15) is 15.0 Å². The fraction of sp³-hybridized carbons (Fsp3) is 0.667. The predicted molar refractivity (Wildman–Crippen MR) is 91.4 cm³/mol. The normalized spacial score (nSPS) is 14.0. The van der Waals surface area contributed by atoms with Crippen molar-refractivity contribution in [3.63, 3.8) is 0 Å². The highest BCUT2D eigenvalue weighted by atomic mass is 79.9. The van der Waals surface area contributed by atoms with Crippen LogP contribution in [0.3, 0.4) is 0 Å². The van der Waals surface area contributed by atoms with E-state index in [1.54, 1.807) is 6.08 Å². The molecule has 0 aromatic heterocycles. The zero-order valence-corrected chi connectivity index (χ0v) is 15.5. The Morgan fingerprint density at radius 1 is 1.19 bits per heavy atom. The van der Waals surface area contributed by atoms with Crippen molar-refractivity contribution in [3.05, 3.63) is 21.6 Å². The molecule has 0 aromatic carbocycles. The van der Waals surface area contributed by atoms with E-state index in [0.717, 1.165) is 29.1 Å². The van der Waals surface area contributed by atoms with E-state index in [2.05, 4.69) is 42.7 Å². The van der Waals surface area contributed by atoms with E-state index in [0.29, 0.717) is 12.8 Å². The van der Waals surface area contributed by atoms with Gasteiger partial charge >= 0.3 is 5.97 Å². The summed E-state index contributed by atoms with van der Waals surface area (Å²) >= 11 is 6.59. The summed E-state index contributed by atoms with van der Waals surface area (Å²) in [6.45, 7) is 0. The van der Waals surface area contributed by atoms with Crippen LogP contribution in [0.2, 0.25) is 0 Å². The zero-order chi connectivity index (χ0) is 16.1. The van der Waals surface area contributed by atoms with E-state index >= 15 is 0 Å². The minimum Gasteiger partial charge on any atom is -0.469 e. The van der Waals surface area contributed by atoms with Crippen LogP contribution in [0.25, 0.3) is 0 Å². The fourth-order valence-electron chi connectivity index (χ4n) is 1.72. The summed E-state index contributed by atoms with van der Waals surface area (Å²) in [6.07, 6.45) is 8.95. The van der Waals surface area contributed by atoms with Crippen LogP contribution in [-0.4, -0.2) is 35.5 Å². The summed E-state index contributed by atoms with van der Waals surface area (Å²) in [6, 6.07) is 0.